The molecule has 1 aliphatic carbocycles. The maximum absolute atomic E-state index is 12.4. The Balaban J connectivity index is 1.52. The van der Waals surface area contributed by atoms with Crippen LogP contribution in [0.25, 0.3) is 0 Å². The van der Waals surface area contributed by atoms with Crippen LogP contribution in [-0.4, -0.2) is 43.0 Å². The Kier molecular flexibility index (Phi) is 4.89. The van der Waals surface area contributed by atoms with Crippen LogP contribution in [0.15, 0.2) is 24.3 Å². The predicted molar refractivity (Wildman–Crippen MR) is 90.2 cm³/mol. The molecule has 1 saturated heterocycles. The fourth-order valence-electron chi connectivity index (χ4n) is 3.56. The van der Waals surface area contributed by atoms with Gasteiger partial charge in [0.15, 0.2) is 0 Å². The number of piperazine rings is 1. The van der Waals surface area contributed by atoms with E-state index in [1.165, 1.54) is 6.42 Å². The lowest BCUT2D eigenvalue weighted by atomic mass is 9.99. The number of hydrogen-bond donors (Lipinski definition) is 1. The summed E-state index contributed by atoms with van der Waals surface area (Å²) in [7, 11) is 0. The lowest BCUT2D eigenvalue weighted by molar-refractivity contribution is -0.132. The minimum absolute atomic E-state index is 0.219. The molecular weight excluding hydrogens is 298 g/mol. The Morgan fingerprint density at radius 3 is 2.64 bits per heavy atom. The van der Waals surface area contributed by atoms with E-state index < -0.39 is 0 Å². The number of nitrogens with zero attached hydrogens (tertiary/aromatic N) is 2. The van der Waals surface area contributed by atoms with Crippen LogP contribution < -0.4 is 10.6 Å². The van der Waals surface area contributed by atoms with Crippen molar-refractivity contribution in [2.24, 2.45) is 11.7 Å². The normalized spacial score (nSPS) is 25.5. The second-order valence-electron chi connectivity index (χ2n) is 6.41. The van der Waals surface area contributed by atoms with Gasteiger partial charge in [-0.25, -0.2) is 0 Å². The molecular formula is C17H24ClN3O. The fraction of sp³-hybridized carbons (Fsp3) is 0.588. The molecule has 1 amide bonds. The Hall–Kier alpha value is -1.26. The molecule has 1 aliphatic heterocycles. The van der Waals surface area contributed by atoms with E-state index in [0.29, 0.717) is 12.3 Å². The summed E-state index contributed by atoms with van der Waals surface area (Å²) in [4.78, 5) is 16.7. The SMILES string of the molecule is N[C@@H]1CCC[C@H]1CC(=O)N1CCN(c2cccc(Cl)c2)CC1. The van der Waals surface area contributed by atoms with E-state index in [-0.39, 0.29) is 11.9 Å². The van der Waals surface area contributed by atoms with Crippen molar-refractivity contribution in [2.45, 2.75) is 31.7 Å². The van der Waals surface area contributed by atoms with Crippen LogP contribution in [0.2, 0.25) is 5.02 Å². The van der Waals surface area contributed by atoms with Gasteiger partial charge in [-0.1, -0.05) is 24.1 Å². The molecule has 0 spiro atoms. The number of amides is 1. The summed E-state index contributed by atoms with van der Waals surface area (Å²) in [6, 6.07) is 8.13. The van der Waals surface area contributed by atoms with Gasteiger partial charge in [-0.05, 0) is 37.0 Å². The molecule has 2 aliphatic rings. The van der Waals surface area contributed by atoms with Crippen LogP contribution in [0.4, 0.5) is 5.69 Å². The molecule has 1 aromatic carbocycles. The maximum Gasteiger partial charge on any atom is 0.223 e. The smallest absolute Gasteiger partial charge is 0.223 e. The predicted octanol–water partition coefficient (Wildman–Crippen LogP) is 2.51. The molecule has 1 heterocycles. The molecule has 4 nitrogen and oxygen atoms in total. The molecule has 2 fully saturated rings. The molecule has 2 atom stereocenters. The van der Waals surface area contributed by atoms with Gasteiger partial charge in [-0.15, -0.1) is 0 Å². The molecule has 2 N–H and O–H groups in total. The Morgan fingerprint density at radius 1 is 1.23 bits per heavy atom. The van der Waals surface area contributed by atoms with E-state index in [0.717, 1.165) is 49.7 Å². The van der Waals surface area contributed by atoms with Gasteiger partial charge in [0.05, 0.1) is 0 Å². The second kappa shape index (κ2) is 6.88. The number of rotatable bonds is 3. The number of hydrogen-bond acceptors (Lipinski definition) is 3. The zero-order chi connectivity index (χ0) is 15.5. The minimum Gasteiger partial charge on any atom is -0.368 e. The molecule has 0 aromatic heterocycles. The molecule has 22 heavy (non-hydrogen) atoms. The van der Waals surface area contributed by atoms with Gasteiger partial charge in [0.25, 0.3) is 0 Å². The van der Waals surface area contributed by atoms with Crippen LogP contribution in [0, 0.1) is 5.92 Å². The monoisotopic (exact) mass is 321 g/mol. The lowest BCUT2D eigenvalue weighted by Crippen LogP contribution is -2.49. The van der Waals surface area contributed by atoms with E-state index in [9.17, 15) is 4.79 Å². The van der Waals surface area contributed by atoms with Crippen molar-refractivity contribution in [2.75, 3.05) is 31.1 Å². The Labute approximate surface area is 137 Å². The number of carbonyl (C=O) groups excluding carboxylic acids is 1. The summed E-state index contributed by atoms with van der Waals surface area (Å²) in [6.45, 7) is 3.30. The minimum atomic E-state index is 0.219. The Bertz CT molecular complexity index is 528. The Morgan fingerprint density at radius 2 is 2.00 bits per heavy atom. The van der Waals surface area contributed by atoms with Crippen molar-refractivity contribution in [1.29, 1.82) is 0 Å². The zero-order valence-corrected chi connectivity index (χ0v) is 13.6. The van der Waals surface area contributed by atoms with E-state index in [1.807, 2.05) is 23.1 Å². The van der Waals surface area contributed by atoms with Crippen molar-refractivity contribution in [3.63, 3.8) is 0 Å². The standard InChI is InChI=1S/C17H24ClN3O/c18-14-4-2-5-15(12-14)20-7-9-21(10-8-20)17(22)11-13-3-1-6-16(13)19/h2,4-5,12-13,16H,1,3,6-11,19H2/t13-,16+/m0/s1. The first-order valence-electron chi connectivity index (χ1n) is 8.17. The molecule has 0 unspecified atom stereocenters. The van der Waals surface area contributed by atoms with Crippen molar-refractivity contribution < 1.29 is 4.79 Å². The summed E-state index contributed by atoms with van der Waals surface area (Å²) >= 11 is 6.05. The first-order valence-corrected chi connectivity index (χ1v) is 8.55. The lowest BCUT2D eigenvalue weighted by Gasteiger charge is -2.36. The van der Waals surface area contributed by atoms with Crippen LogP contribution in [0.1, 0.15) is 25.7 Å². The first-order chi connectivity index (χ1) is 10.6. The van der Waals surface area contributed by atoms with Gasteiger partial charge in [0, 0.05) is 49.4 Å². The van der Waals surface area contributed by atoms with Crippen LogP contribution in [0.3, 0.4) is 0 Å². The summed E-state index contributed by atoms with van der Waals surface area (Å²) in [5.74, 6) is 0.659. The van der Waals surface area contributed by atoms with Crippen LogP contribution >= 0.6 is 11.6 Å². The largest absolute Gasteiger partial charge is 0.368 e. The van der Waals surface area contributed by atoms with Crippen molar-refractivity contribution in [1.82, 2.24) is 4.90 Å². The van der Waals surface area contributed by atoms with Crippen molar-refractivity contribution in [3.05, 3.63) is 29.3 Å². The highest BCUT2D eigenvalue weighted by atomic mass is 35.5. The van der Waals surface area contributed by atoms with Crippen LogP contribution in [0.5, 0.6) is 0 Å². The average Bonchev–Trinajstić information content (AvgIpc) is 2.92. The van der Waals surface area contributed by atoms with Crippen molar-refractivity contribution >= 4 is 23.2 Å². The van der Waals surface area contributed by atoms with Gasteiger partial charge in [0.1, 0.15) is 0 Å². The third-order valence-electron chi connectivity index (χ3n) is 4.96. The summed E-state index contributed by atoms with van der Waals surface area (Å²) in [5, 5.41) is 0.756. The average molecular weight is 322 g/mol. The number of anilines is 1. The molecule has 0 radical (unpaired) electrons. The first kappa shape index (κ1) is 15.6. The third kappa shape index (κ3) is 3.55. The van der Waals surface area contributed by atoms with Crippen molar-refractivity contribution in [3.8, 4) is 0 Å². The highest BCUT2D eigenvalue weighted by Gasteiger charge is 2.29. The molecule has 1 saturated carbocycles. The van der Waals surface area contributed by atoms with E-state index in [4.69, 9.17) is 17.3 Å². The molecule has 0 bridgehead atoms. The number of carbonyl (C=O) groups is 1. The number of halogens is 1. The van der Waals surface area contributed by atoms with Gasteiger partial charge in [-0.3, -0.25) is 4.79 Å². The van der Waals surface area contributed by atoms with Gasteiger partial charge >= 0.3 is 0 Å². The van der Waals surface area contributed by atoms with E-state index in [2.05, 4.69) is 11.0 Å². The number of nitrogens with two attached hydrogens (primary N) is 1. The van der Waals surface area contributed by atoms with Gasteiger partial charge < -0.3 is 15.5 Å². The highest BCUT2D eigenvalue weighted by Crippen LogP contribution is 2.28. The summed E-state index contributed by atoms with van der Waals surface area (Å²) < 4.78 is 0. The van der Waals surface area contributed by atoms with Gasteiger partial charge in [-0.2, -0.15) is 0 Å². The maximum atomic E-state index is 12.4. The number of benzene rings is 1. The molecule has 3 rings (SSSR count). The second-order valence-corrected chi connectivity index (χ2v) is 6.84. The molecule has 5 heteroatoms. The fourth-order valence-corrected chi connectivity index (χ4v) is 3.74. The quantitative estimate of drug-likeness (QED) is 0.930. The topological polar surface area (TPSA) is 49.6 Å². The van der Waals surface area contributed by atoms with Gasteiger partial charge in [0.2, 0.25) is 5.91 Å². The molecule has 1 aromatic rings. The van der Waals surface area contributed by atoms with E-state index >= 15 is 0 Å². The zero-order valence-electron chi connectivity index (χ0n) is 12.9. The highest BCUT2D eigenvalue weighted by molar-refractivity contribution is 6.30. The van der Waals surface area contributed by atoms with E-state index in [1.54, 1.807) is 0 Å². The summed E-state index contributed by atoms with van der Waals surface area (Å²) in [5.41, 5.74) is 7.21. The third-order valence-corrected chi connectivity index (χ3v) is 5.20. The van der Waals surface area contributed by atoms with Crippen LogP contribution in [-0.2, 0) is 4.79 Å². The summed E-state index contributed by atoms with van der Waals surface area (Å²) in [6.07, 6.45) is 3.97. The molecule has 120 valence electrons.